The van der Waals surface area contributed by atoms with Gasteiger partial charge in [0.05, 0.1) is 0 Å². The van der Waals surface area contributed by atoms with Crippen LogP contribution in [0.15, 0.2) is 28.7 Å². The number of benzene rings is 1. The molecular weight excluding hydrogens is 374 g/mol. The highest BCUT2D eigenvalue weighted by atomic mass is 79.9. The van der Waals surface area contributed by atoms with E-state index in [2.05, 4.69) is 33.5 Å². The fraction of sp³-hybridized carbons (Fsp3) is 0.471. The molecule has 6 nitrogen and oxygen atoms in total. The molecule has 3 rings (SSSR count). The molecule has 1 heterocycles. The molecule has 7 heteroatoms. The van der Waals surface area contributed by atoms with Gasteiger partial charge in [-0.3, -0.25) is 14.5 Å². The summed E-state index contributed by atoms with van der Waals surface area (Å²) in [5, 5.41) is 5.52. The Morgan fingerprint density at radius 2 is 2.08 bits per heavy atom. The van der Waals surface area contributed by atoms with Crippen LogP contribution in [0.1, 0.15) is 32.6 Å². The van der Waals surface area contributed by atoms with Gasteiger partial charge >= 0.3 is 6.03 Å². The average molecular weight is 394 g/mol. The van der Waals surface area contributed by atoms with Gasteiger partial charge in [0.25, 0.3) is 5.91 Å². The number of hydrogen-bond donors (Lipinski definition) is 2. The number of anilines is 1. The first kappa shape index (κ1) is 17.0. The van der Waals surface area contributed by atoms with Gasteiger partial charge in [0.2, 0.25) is 5.91 Å². The van der Waals surface area contributed by atoms with Crippen LogP contribution in [0.3, 0.4) is 0 Å². The third kappa shape index (κ3) is 3.31. The molecule has 0 bridgehead atoms. The van der Waals surface area contributed by atoms with Gasteiger partial charge in [-0.1, -0.05) is 28.9 Å². The van der Waals surface area contributed by atoms with Crippen molar-refractivity contribution in [2.45, 2.75) is 38.1 Å². The minimum absolute atomic E-state index is 0.269. The molecule has 1 aromatic rings. The summed E-state index contributed by atoms with van der Waals surface area (Å²) in [7, 11) is 0. The number of halogens is 1. The number of imide groups is 1. The maximum atomic E-state index is 12.7. The van der Waals surface area contributed by atoms with E-state index in [4.69, 9.17) is 0 Å². The first-order chi connectivity index (χ1) is 11.4. The predicted octanol–water partition coefficient (Wildman–Crippen LogP) is 2.89. The smallest absolute Gasteiger partial charge is 0.324 e. The lowest BCUT2D eigenvalue weighted by Crippen LogP contribution is -2.49. The molecule has 2 fully saturated rings. The van der Waals surface area contributed by atoms with Crippen LogP contribution >= 0.6 is 15.9 Å². The van der Waals surface area contributed by atoms with E-state index in [9.17, 15) is 14.4 Å². The van der Waals surface area contributed by atoms with Gasteiger partial charge in [0, 0.05) is 10.2 Å². The largest absolute Gasteiger partial charge is 0.325 e. The molecule has 2 N–H and O–H groups in total. The lowest BCUT2D eigenvalue weighted by molar-refractivity contribution is -0.135. The lowest BCUT2D eigenvalue weighted by atomic mass is 9.77. The van der Waals surface area contributed by atoms with E-state index in [1.807, 2.05) is 6.07 Å². The maximum Gasteiger partial charge on any atom is 0.325 e. The van der Waals surface area contributed by atoms with Crippen LogP contribution in [0.4, 0.5) is 10.5 Å². The molecule has 1 saturated carbocycles. The van der Waals surface area contributed by atoms with Gasteiger partial charge in [-0.25, -0.2) is 4.79 Å². The lowest BCUT2D eigenvalue weighted by Gasteiger charge is -2.33. The Kier molecular flexibility index (Phi) is 4.62. The number of hydrogen-bond acceptors (Lipinski definition) is 3. The van der Waals surface area contributed by atoms with E-state index in [-0.39, 0.29) is 12.5 Å². The zero-order chi connectivity index (χ0) is 17.3. The fourth-order valence-corrected chi connectivity index (χ4v) is 3.72. The van der Waals surface area contributed by atoms with E-state index in [1.165, 1.54) is 0 Å². The Bertz CT molecular complexity index is 683. The third-order valence-corrected chi connectivity index (χ3v) is 5.28. The van der Waals surface area contributed by atoms with Crippen LogP contribution in [-0.4, -0.2) is 34.8 Å². The van der Waals surface area contributed by atoms with Crippen molar-refractivity contribution in [1.29, 1.82) is 0 Å². The van der Waals surface area contributed by atoms with E-state index in [0.29, 0.717) is 24.4 Å². The Morgan fingerprint density at radius 1 is 1.38 bits per heavy atom. The summed E-state index contributed by atoms with van der Waals surface area (Å²) in [4.78, 5) is 38.1. The number of urea groups is 1. The van der Waals surface area contributed by atoms with Gasteiger partial charge in [-0.2, -0.15) is 0 Å². The van der Waals surface area contributed by atoms with Gasteiger partial charge in [-0.05, 0) is 49.8 Å². The van der Waals surface area contributed by atoms with Gasteiger partial charge < -0.3 is 10.6 Å². The highest BCUT2D eigenvalue weighted by Gasteiger charge is 2.52. The first-order valence-corrected chi connectivity index (χ1v) is 8.88. The number of amides is 4. The summed E-state index contributed by atoms with van der Waals surface area (Å²) < 4.78 is 0.838. The second kappa shape index (κ2) is 6.55. The number of carbonyl (C=O) groups excluding carboxylic acids is 3. The summed E-state index contributed by atoms with van der Waals surface area (Å²) in [5.41, 5.74) is -0.192. The zero-order valence-electron chi connectivity index (χ0n) is 13.5. The molecule has 1 aromatic carbocycles. The molecule has 0 radical (unpaired) electrons. The van der Waals surface area contributed by atoms with Crippen LogP contribution < -0.4 is 10.6 Å². The summed E-state index contributed by atoms with van der Waals surface area (Å²) in [6, 6.07) is 6.68. The minimum Gasteiger partial charge on any atom is -0.324 e. The van der Waals surface area contributed by atoms with E-state index in [0.717, 1.165) is 22.2 Å². The summed E-state index contributed by atoms with van der Waals surface area (Å²) >= 11 is 3.33. The van der Waals surface area contributed by atoms with Crippen molar-refractivity contribution in [1.82, 2.24) is 10.2 Å². The molecule has 0 unspecified atom stereocenters. The van der Waals surface area contributed by atoms with Gasteiger partial charge in [0.15, 0.2) is 0 Å². The molecule has 0 aromatic heterocycles. The molecule has 0 atom stereocenters. The van der Waals surface area contributed by atoms with Crippen LogP contribution in [0.25, 0.3) is 0 Å². The topological polar surface area (TPSA) is 78.5 Å². The van der Waals surface area contributed by atoms with E-state index >= 15 is 0 Å². The van der Waals surface area contributed by atoms with Crippen LogP contribution in [0.2, 0.25) is 0 Å². The molecule has 1 aliphatic heterocycles. The number of nitrogens with zero attached hydrogens (tertiary/aromatic N) is 1. The monoisotopic (exact) mass is 393 g/mol. The van der Waals surface area contributed by atoms with Crippen molar-refractivity contribution >= 4 is 39.5 Å². The van der Waals surface area contributed by atoms with Crippen molar-refractivity contribution in [3.63, 3.8) is 0 Å². The second-order valence-corrected chi connectivity index (χ2v) is 7.56. The van der Waals surface area contributed by atoms with Gasteiger partial charge in [-0.15, -0.1) is 0 Å². The van der Waals surface area contributed by atoms with Gasteiger partial charge in [0.1, 0.15) is 12.1 Å². The van der Waals surface area contributed by atoms with E-state index < -0.39 is 17.5 Å². The molecule has 128 valence electrons. The quantitative estimate of drug-likeness (QED) is 0.774. The summed E-state index contributed by atoms with van der Waals surface area (Å²) in [6.45, 7) is 1.88. The molecule has 4 amide bonds. The zero-order valence-corrected chi connectivity index (χ0v) is 15.1. The number of rotatable bonds is 3. The summed E-state index contributed by atoms with van der Waals surface area (Å²) in [6.07, 6.45) is 3.10. The average Bonchev–Trinajstić information content (AvgIpc) is 2.75. The Hall–Kier alpha value is -1.89. The fourth-order valence-electron chi connectivity index (χ4n) is 3.32. The van der Waals surface area contributed by atoms with Crippen molar-refractivity contribution in [3.05, 3.63) is 28.7 Å². The molecule has 24 heavy (non-hydrogen) atoms. The highest BCUT2D eigenvalue weighted by Crippen LogP contribution is 2.36. The SMILES string of the molecule is CC1CCC2(CC1)NC(=O)N(CC(=O)Nc1cccc(Br)c1)C2=O. The first-order valence-electron chi connectivity index (χ1n) is 8.09. The van der Waals surface area contributed by atoms with Crippen LogP contribution in [-0.2, 0) is 9.59 Å². The predicted molar refractivity (Wildman–Crippen MR) is 93.4 cm³/mol. The molecule has 1 saturated heterocycles. The van der Waals surface area contributed by atoms with Crippen molar-refractivity contribution < 1.29 is 14.4 Å². The van der Waals surface area contributed by atoms with Crippen LogP contribution in [0, 0.1) is 5.92 Å². The summed E-state index contributed by atoms with van der Waals surface area (Å²) in [5.74, 6) is -0.101. The van der Waals surface area contributed by atoms with Crippen molar-refractivity contribution in [2.24, 2.45) is 5.92 Å². The van der Waals surface area contributed by atoms with E-state index in [1.54, 1.807) is 18.2 Å². The standard InChI is InChI=1S/C17H20BrN3O3/c1-11-5-7-17(8-6-11)15(23)21(16(24)20-17)10-14(22)19-13-4-2-3-12(18)9-13/h2-4,9,11H,5-8,10H2,1H3,(H,19,22)(H,20,24). The second-order valence-electron chi connectivity index (χ2n) is 6.64. The normalized spacial score (nSPS) is 26.6. The Balaban J connectivity index is 1.65. The molecule has 1 aliphatic carbocycles. The molecular formula is C17H20BrN3O3. The van der Waals surface area contributed by atoms with Crippen molar-refractivity contribution in [2.75, 3.05) is 11.9 Å². The van der Waals surface area contributed by atoms with Crippen LogP contribution in [0.5, 0.6) is 0 Å². The highest BCUT2D eigenvalue weighted by molar-refractivity contribution is 9.10. The third-order valence-electron chi connectivity index (χ3n) is 4.78. The molecule has 1 spiro atoms. The molecule has 2 aliphatic rings. The Labute approximate surface area is 149 Å². The minimum atomic E-state index is -0.806. The van der Waals surface area contributed by atoms with Crippen molar-refractivity contribution in [3.8, 4) is 0 Å². The number of carbonyl (C=O) groups is 3. The Morgan fingerprint density at radius 3 is 2.75 bits per heavy atom. The maximum absolute atomic E-state index is 12.7. The number of nitrogens with one attached hydrogen (secondary N) is 2.